The third kappa shape index (κ3) is 3.64. The minimum absolute atomic E-state index is 0.0868. The van der Waals surface area contributed by atoms with E-state index in [1.807, 2.05) is 0 Å². The fourth-order valence-corrected chi connectivity index (χ4v) is 2.40. The van der Waals surface area contributed by atoms with Crippen molar-refractivity contribution in [2.45, 2.75) is 0 Å². The highest BCUT2D eigenvalue weighted by atomic mass is 35.5. The van der Waals surface area contributed by atoms with E-state index < -0.39 is 6.03 Å². The van der Waals surface area contributed by atoms with E-state index in [1.165, 1.54) is 0 Å². The summed E-state index contributed by atoms with van der Waals surface area (Å²) >= 11 is 17.4. The second-order valence-electron chi connectivity index (χ2n) is 4.04. The minimum Gasteiger partial charge on any atom is -0.351 e. The van der Waals surface area contributed by atoms with Gasteiger partial charge in [-0.05, 0) is 36.5 Å². The molecule has 0 heterocycles. The summed E-state index contributed by atoms with van der Waals surface area (Å²) in [4.78, 5) is 12.8. The van der Waals surface area contributed by atoms with Crippen LogP contribution in [0.25, 0.3) is 0 Å². The number of anilines is 2. The molecule has 7 heteroatoms. The molecule has 2 aromatic carbocycles. The van der Waals surface area contributed by atoms with E-state index in [9.17, 15) is 4.79 Å². The molecule has 0 bridgehead atoms. The van der Waals surface area contributed by atoms with E-state index in [0.717, 1.165) is 4.90 Å². The largest absolute Gasteiger partial charge is 0.351 e. The first-order valence-electron chi connectivity index (χ1n) is 5.90. The molecule has 0 unspecified atom stereocenters. The summed E-state index contributed by atoms with van der Waals surface area (Å²) in [6.45, 7) is 0. The number of hydrogen-bond acceptors (Lipinski definition) is 2. The molecule has 0 saturated carbocycles. The first-order chi connectivity index (χ1) is 10.0. The Bertz CT molecular complexity index is 693. The van der Waals surface area contributed by atoms with E-state index in [4.69, 9.17) is 41.2 Å². The van der Waals surface area contributed by atoms with Crippen LogP contribution in [0.15, 0.2) is 48.5 Å². The van der Waals surface area contributed by atoms with Crippen molar-refractivity contribution in [1.29, 1.82) is 0 Å². The fraction of sp³-hybridized carbons (Fsp3) is 0. The van der Waals surface area contributed by atoms with Gasteiger partial charge in [0.25, 0.3) is 0 Å². The highest BCUT2D eigenvalue weighted by molar-refractivity contribution is 7.80. The van der Waals surface area contributed by atoms with Gasteiger partial charge in [-0.3, -0.25) is 0 Å². The van der Waals surface area contributed by atoms with Crippen molar-refractivity contribution in [3.8, 4) is 0 Å². The molecule has 2 amide bonds. The Morgan fingerprint density at radius 1 is 1.05 bits per heavy atom. The number of nitrogens with two attached hydrogens (primary N) is 1. The van der Waals surface area contributed by atoms with Crippen LogP contribution in [0.1, 0.15) is 0 Å². The molecule has 0 aliphatic carbocycles. The lowest BCUT2D eigenvalue weighted by Gasteiger charge is -2.23. The van der Waals surface area contributed by atoms with Gasteiger partial charge in [0.1, 0.15) is 0 Å². The molecule has 0 saturated heterocycles. The zero-order valence-electron chi connectivity index (χ0n) is 10.7. The van der Waals surface area contributed by atoms with Crippen LogP contribution in [0.3, 0.4) is 0 Å². The molecule has 108 valence electrons. The summed E-state index contributed by atoms with van der Waals surface area (Å²) in [6, 6.07) is 13.0. The quantitative estimate of drug-likeness (QED) is 0.803. The Kier molecular flexibility index (Phi) is 5.01. The Hall–Kier alpha value is -1.82. The predicted molar refractivity (Wildman–Crippen MR) is 91.2 cm³/mol. The molecule has 2 aromatic rings. The van der Waals surface area contributed by atoms with Gasteiger partial charge in [-0.15, -0.1) is 0 Å². The van der Waals surface area contributed by atoms with Gasteiger partial charge in [-0.2, -0.15) is 0 Å². The number of nitrogens with one attached hydrogen (secondary N) is 1. The zero-order valence-corrected chi connectivity index (χ0v) is 13.0. The molecule has 0 atom stereocenters. The van der Waals surface area contributed by atoms with Gasteiger partial charge in [-0.1, -0.05) is 47.5 Å². The number of rotatable bonds is 2. The van der Waals surface area contributed by atoms with Crippen molar-refractivity contribution in [3.63, 3.8) is 0 Å². The van der Waals surface area contributed by atoms with Gasteiger partial charge in [-0.25, -0.2) is 9.69 Å². The monoisotopic (exact) mass is 339 g/mol. The number of halogens is 2. The van der Waals surface area contributed by atoms with Gasteiger partial charge in [0, 0.05) is 0 Å². The maximum absolute atomic E-state index is 11.7. The summed E-state index contributed by atoms with van der Waals surface area (Å²) in [7, 11) is 0. The van der Waals surface area contributed by atoms with Crippen LogP contribution in [0.5, 0.6) is 0 Å². The van der Waals surface area contributed by atoms with Crippen molar-refractivity contribution < 1.29 is 4.79 Å². The second kappa shape index (κ2) is 6.76. The first kappa shape index (κ1) is 15.6. The maximum Gasteiger partial charge on any atom is 0.325 e. The lowest BCUT2D eigenvalue weighted by Crippen LogP contribution is -2.43. The Balaban J connectivity index is 2.32. The SMILES string of the molecule is NC(=O)N(C(=S)Nc1ccccc1Cl)c1ccccc1Cl. The van der Waals surface area contributed by atoms with Crippen LogP contribution in [-0.2, 0) is 0 Å². The minimum atomic E-state index is -0.743. The summed E-state index contributed by atoms with van der Waals surface area (Å²) in [5.41, 5.74) is 6.37. The number of carbonyl (C=O) groups excluding carboxylic acids is 1. The van der Waals surface area contributed by atoms with Crippen molar-refractivity contribution in [1.82, 2.24) is 0 Å². The molecule has 21 heavy (non-hydrogen) atoms. The molecule has 0 aliphatic rings. The van der Waals surface area contributed by atoms with Crippen LogP contribution in [-0.4, -0.2) is 11.1 Å². The molecule has 0 aliphatic heterocycles. The van der Waals surface area contributed by atoms with Gasteiger partial charge in [0.15, 0.2) is 5.11 Å². The lowest BCUT2D eigenvalue weighted by atomic mass is 10.3. The lowest BCUT2D eigenvalue weighted by molar-refractivity contribution is 0.256. The summed E-state index contributed by atoms with van der Waals surface area (Å²) < 4.78 is 0. The molecule has 0 fully saturated rings. The maximum atomic E-state index is 11.7. The van der Waals surface area contributed by atoms with E-state index >= 15 is 0 Å². The van der Waals surface area contributed by atoms with Crippen molar-refractivity contribution in [2.24, 2.45) is 5.73 Å². The summed E-state index contributed by atoms with van der Waals surface area (Å²) in [6.07, 6.45) is 0. The van der Waals surface area contributed by atoms with E-state index in [1.54, 1.807) is 48.5 Å². The smallest absolute Gasteiger partial charge is 0.325 e. The van der Waals surface area contributed by atoms with E-state index in [0.29, 0.717) is 21.4 Å². The molecule has 0 aromatic heterocycles. The number of hydrogen-bond donors (Lipinski definition) is 2. The number of thiocarbonyl (C=S) groups is 1. The first-order valence-corrected chi connectivity index (χ1v) is 7.06. The Morgan fingerprint density at radius 3 is 2.19 bits per heavy atom. The number of carbonyl (C=O) groups is 1. The molecular weight excluding hydrogens is 329 g/mol. The van der Waals surface area contributed by atoms with Crippen molar-refractivity contribution in [2.75, 3.05) is 10.2 Å². The highest BCUT2D eigenvalue weighted by Gasteiger charge is 2.20. The Labute approximate surface area is 137 Å². The highest BCUT2D eigenvalue weighted by Crippen LogP contribution is 2.27. The number of amides is 2. The fourth-order valence-electron chi connectivity index (χ4n) is 1.69. The molecular formula is C14H11Cl2N3OS. The van der Waals surface area contributed by atoms with Crippen molar-refractivity contribution >= 4 is 57.9 Å². The third-order valence-electron chi connectivity index (χ3n) is 2.63. The van der Waals surface area contributed by atoms with Crippen LogP contribution in [0, 0.1) is 0 Å². The van der Waals surface area contributed by atoms with Crippen LogP contribution in [0.4, 0.5) is 16.2 Å². The van der Waals surface area contributed by atoms with Crippen LogP contribution < -0.4 is 16.0 Å². The number of benzene rings is 2. The van der Waals surface area contributed by atoms with Gasteiger partial charge in [0.05, 0.1) is 21.4 Å². The second-order valence-corrected chi connectivity index (χ2v) is 5.24. The standard InChI is InChI=1S/C14H11Cl2N3OS/c15-9-5-1-3-7-11(9)18-14(21)19(13(17)20)12-8-4-2-6-10(12)16/h1-8H,(H2,17,20)(H,18,21). The van der Waals surface area contributed by atoms with Gasteiger partial charge in [0.2, 0.25) is 0 Å². The molecule has 3 N–H and O–H groups in total. The number of primary amides is 1. The van der Waals surface area contributed by atoms with Crippen molar-refractivity contribution in [3.05, 3.63) is 58.6 Å². The molecule has 4 nitrogen and oxygen atoms in total. The zero-order chi connectivity index (χ0) is 15.4. The average molecular weight is 340 g/mol. The van der Waals surface area contributed by atoms with Gasteiger partial charge < -0.3 is 11.1 Å². The Morgan fingerprint density at radius 2 is 1.62 bits per heavy atom. The number of urea groups is 1. The number of nitrogens with zero attached hydrogens (tertiary/aromatic N) is 1. The normalized spacial score (nSPS) is 10.0. The topological polar surface area (TPSA) is 58.4 Å². The van der Waals surface area contributed by atoms with E-state index in [-0.39, 0.29) is 5.11 Å². The summed E-state index contributed by atoms with van der Waals surface area (Å²) in [5, 5.41) is 3.81. The predicted octanol–water partition coefficient (Wildman–Crippen LogP) is 4.28. The van der Waals surface area contributed by atoms with Gasteiger partial charge >= 0.3 is 6.03 Å². The van der Waals surface area contributed by atoms with E-state index in [2.05, 4.69) is 5.32 Å². The number of para-hydroxylation sites is 2. The summed E-state index contributed by atoms with van der Waals surface area (Å²) in [5.74, 6) is 0. The van der Waals surface area contributed by atoms with Crippen LogP contribution in [0.2, 0.25) is 10.0 Å². The third-order valence-corrected chi connectivity index (χ3v) is 3.57. The molecule has 0 spiro atoms. The van der Waals surface area contributed by atoms with Crippen LogP contribution >= 0.6 is 35.4 Å². The molecule has 0 radical (unpaired) electrons. The molecule has 2 rings (SSSR count). The average Bonchev–Trinajstić information content (AvgIpc) is 2.43.